The van der Waals surface area contributed by atoms with Crippen LogP contribution >= 0.6 is 0 Å². The van der Waals surface area contributed by atoms with Crippen LogP contribution in [0.1, 0.15) is 31.1 Å². The second kappa shape index (κ2) is 6.06. The Kier molecular flexibility index (Phi) is 4.11. The minimum Gasteiger partial charge on any atom is -0.465 e. The third kappa shape index (κ3) is 2.87. The number of hydrogen-bond acceptors (Lipinski definition) is 8. The Bertz CT molecular complexity index is 1200. The number of methoxy groups -OCH3 is 1. The van der Waals surface area contributed by atoms with E-state index in [1.165, 1.54) is 12.1 Å². The van der Waals surface area contributed by atoms with Gasteiger partial charge in [0.15, 0.2) is 9.84 Å². The van der Waals surface area contributed by atoms with Gasteiger partial charge >= 0.3 is 5.97 Å². The summed E-state index contributed by atoms with van der Waals surface area (Å²) in [4.78, 5) is 48.2. The number of sulfone groups is 1. The molecule has 0 aliphatic carbocycles. The summed E-state index contributed by atoms with van der Waals surface area (Å²) >= 11 is 0. The zero-order valence-electron chi connectivity index (χ0n) is 14.1. The molecule has 11 heteroatoms. The number of carbonyl (C=O) groups is 3. The molecule has 1 aromatic carbocycles. The van der Waals surface area contributed by atoms with Gasteiger partial charge in [-0.25, -0.2) is 13.2 Å². The molecule has 2 aromatic rings. The van der Waals surface area contributed by atoms with E-state index in [-0.39, 0.29) is 33.1 Å². The summed E-state index contributed by atoms with van der Waals surface area (Å²) in [5.41, 5.74) is 4.43. The summed E-state index contributed by atoms with van der Waals surface area (Å²) in [5, 5.41) is 2.03. The number of amides is 2. The van der Waals surface area contributed by atoms with E-state index < -0.39 is 33.2 Å². The van der Waals surface area contributed by atoms with Crippen LogP contribution in [-0.4, -0.2) is 44.1 Å². The second-order valence-corrected chi connectivity index (χ2v) is 7.73. The highest BCUT2D eigenvalue weighted by Gasteiger charge is 2.32. The number of fused-ring (bicyclic) bond motifs is 1. The van der Waals surface area contributed by atoms with E-state index in [0.29, 0.717) is 0 Å². The number of nitrogen functional groups attached to an aromatic ring is 1. The molecule has 1 aliphatic heterocycles. The van der Waals surface area contributed by atoms with Crippen molar-refractivity contribution in [3.05, 3.63) is 51.3 Å². The van der Waals surface area contributed by atoms with Crippen LogP contribution < -0.4 is 16.6 Å². The van der Waals surface area contributed by atoms with Gasteiger partial charge in [0.05, 0.1) is 34.4 Å². The molecule has 140 valence electrons. The van der Waals surface area contributed by atoms with Gasteiger partial charge in [-0.2, -0.15) is 0 Å². The maximum absolute atomic E-state index is 12.5. The zero-order valence-corrected chi connectivity index (χ0v) is 14.9. The summed E-state index contributed by atoms with van der Waals surface area (Å²) in [6.07, 6.45) is 0.953. The number of carbonyl (C=O) groups excluding carboxylic acids is 3. The van der Waals surface area contributed by atoms with Crippen molar-refractivity contribution in [2.75, 3.05) is 19.1 Å². The van der Waals surface area contributed by atoms with Crippen molar-refractivity contribution in [1.29, 1.82) is 0 Å². The molecule has 3 rings (SSSR count). The molecule has 3 N–H and O–H groups in total. The van der Waals surface area contributed by atoms with Crippen LogP contribution in [0.3, 0.4) is 0 Å². The summed E-state index contributed by atoms with van der Waals surface area (Å²) in [7, 11) is -2.56. The van der Waals surface area contributed by atoms with Gasteiger partial charge < -0.3 is 10.5 Å². The lowest BCUT2D eigenvalue weighted by Crippen LogP contribution is -2.26. The lowest BCUT2D eigenvalue weighted by molar-refractivity contribution is 0.0600. The number of nitrogens with zero attached hydrogens (tertiary/aromatic N) is 1. The number of benzene rings is 1. The van der Waals surface area contributed by atoms with Gasteiger partial charge in [0, 0.05) is 12.3 Å². The molecule has 0 saturated carbocycles. The van der Waals surface area contributed by atoms with Crippen molar-refractivity contribution in [1.82, 2.24) is 9.88 Å². The first-order valence-electron chi connectivity index (χ1n) is 7.40. The fourth-order valence-corrected chi connectivity index (χ4v) is 3.39. The number of pyridine rings is 1. The number of anilines is 1. The Morgan fingerprint density at radius 3 is 2.41 bits per heavy atom. The highest BCUT2D eigenvalue weighted by Crippen LogP contribution is 2.26. The van der Waals surface area contributed by atoms with Gasteiger partial charge in [-0.3, -0.25) is 24.3 Å². The first kappa shape index (κ1) is 18.3. The van der Waals surface area contributed by atoms with Crippen LogP contribution in [0.25, 0.3) is 5.69 Å². The predicted octanol–water partition coefficient (Wildman–Crippen LogP) is -0.507. The molecule has 10 nitrogen and oxygen atoms in total. The number of imide groups is 1. The quantitative estimate of drug-likeness (QED) is 0.524. The lowest BCUT2D eigenvalue weighted by atomic mass is 10.1. The van der Waals surface area contributed by atoms with Gasteiger partial charge in [0.1, 0.15) is 5.82 Å². The van der Waals surface area contributed by atoms with Gasteiger partial charge in [0.25, 0.3) is 17.4 Å². The zero-order chi connectivity index (χ0) is 20.1. The Balaban J connectivity index is 2.37. The molecule has 0 unspecified atom stereocenters. The first-order chi connectivity index (χ1) is 12.6. The second-order valence-electron chi connectivity index (χ2n) is 5.72. The Morgan fingerprint density at radius 2 is 1.81 bits per heavy atom. The Labute approximate surface area is 152 Å². The molecule has 1 aromatic heterocycles. The smallest absolute Gasteiger partial charge is 0.340 e. The van der Waals surface area contributed by atoms with E-state index >= 15 is 0 Å². The van der Waals surface area contributed by atoms with Crippen LogP contribution in [0.2, 0.25) is 0 Å². The van der Waals surface area contributed by atoms with Crippen molar-refractivity contribution in [2.24, 2.45) is 0 Å². The summed E-state index contributed by atoms with van der Waals surface area (Å²) in [5.74, 6) is -2.82. The molecule has 0 fully saturated rings. The number of rotatable bonds is 3. The number of hydrogen-bond donors (Lipinski definition) is 2. The van der Waals surface area contributed by atoms with Gasteiger partial charge in [-0.05, 0) is 18.2 Å². The molecular weight excluding hydrogens is 378 g/mol. The third-order valence-electron chi connectivity index (χ3n) is 4.00. The maximum Gasteiger partial charge on any atom is 0.340 e. The van der Waals surface area contributed by atoms with Crippen molar-refractivity contribution in [3.8, 4) is 5.69 Å². The number of aromatic nitrogens is 1. The van der Waals surface area contributed by atoms with Crippen LogP contribution in [0.15, 0.2) is 34.0 Å². The van der Waals surface area contributed by atoms with E-state index in [0.717, 1.165) is 30.1 Å². The molecule has 1 aliphatic rings. The SMILES string of the molecule is COC(=O)c1cc(S(C)(=O)=O)ccc1-n1c(N)c2c(cc1=O)C(=O)NC2=O. The minimum absolute atomic E-state index is 0.0910. The highest BCUT2D eigenvalue weighted by atomic mass is 32.2. The highest BCUT2D eigenvalue weighted by molar-refractivity contribution is 7.90. The molecule has 0 saturated heterocycles. The summed E-state index contributed by atoms with van der Waals surface area (Å²) in [6.45, 7) is 0. The van der Waals surface area contributed by atoms with E-state index in [9.17, 15) is 27.6 Å². The molecule has 0 spiro atoms. The number of ether oxygens (including phenoxy) is 1. The van der Waals surface area contributed by atoms with Crippen LogP contribution in [0.4, 0.5) is 5.82 Å². The van der Waals surface area contributed by atoms with E-state index in [4.69, 9.17) is 5.73 Å². The fraction of sp³-hybridized carbons (Fsp3) is 0.125. The van der Waals surface area contributed by atoms with Crippen molar-refractivity contribution in [2.45, 2.75) is 4.90 Å². The molecular formula is C16H13N3O7S. The van der Waals surface area contributed by atoms with Gasteiger partial charge in [0.2, 0.25) is 0 Å². The first-order valence-corrected chi connectivity index (χ1v) is 9.29. The predicted molar refractivity (Wildman–Crippen MR) is 92.7 cm³/mol. The van der Waals surface area contributed by atoms with Crippen LogP contribution in [0.5, 0.6) is 0 Å². The Hall–Kier alpha value is -3.47. The molecule has 0 atom stereocenters. The third-order valence-corrected chi connectivity index (χ3v) is 5.11. The van der Waals surface area contributed by atoms with E-state index in [1.54, 1.807) is 0 Å². The number of nitrogens with one attached hydrogen (secondary N) is 1. The largest absolute Gasteiger partial charge is 0.465 e. The Morgan fingerprint density at radius 1 is 1.15 bits per heavy atom. The van der Waals surface area contributed by atoms with Gasteiger partial charge in [-0.15, -0.1) is 0 Å². The van der Waals surface area contributed by atoms with Crippen molar-refractivity contribution < 1.29 is 27.5 Å². The minimum atomic E-state index is -3.65. The maximum atomic E-state index is 12.5. The van der Waals surface area contributed by atoms with Crippen LogP contribution in [0, 0.1) is 0 Å². The molecule has 0 bridgehead atoms. The standard InChI is InChI=1S/C16H13N3O7S/c1-26-16(23)8-5-7(27(2,24)25)3-4-10(8)19-11(20)6-9-12(13(19)17)15(22)18-14(9)21/h3-6H,17H2,1-2H3,(H,18,21,22). The topological polar surface area (TPSA) is 155 Å². The van der Waals surface area contributed by atoms with E-state index in [2.05, 4.69) is 4.74 Å². The average Bonchev–Trinajstić information content (AvgIpc) is 2.87. The number of nitrogens with two attached hydrogens (primary N) is 1. The molecule has 27 heavy (non-hydrogen) atoms. The monoisotopic (exact) mass is 391 g/mol. The molecule has 0 radical (unpaired) electrons. The lowest BCUT2D eigenvalue weighted by Gasteiger charge is -2.15. The van der Waals surface area contributed by atoms with Gasteiger partial charge in [-0.1, -0.05) is 0 Å². The number of esters is 1. The molecule has 2 amide bonds. The normalized spacial score (nSPS) is 13.3. The summed E-state index contributed by atoms with van der Waals surface area (Å²) < 4.78 is 29.0. The van der Waals surface area contributed by atoms with Crippen molar-refractivity contribution >= 4 is 33.4 Å². The van der Waals surface area contributed by atoms with Crippen molar-refractivity contribution in [3.63, 3.8) is 0 Å². The average molecular weight is 391 g/mol. The van der Waals surface area contributed by atoms with E-state index in [1.807, 2.05) is 5.32 Å². The fourth-order valence-electron chi connectivity index (χ4n) is 2.74. The van der Waals surface area contributed by atoms with Crippen LogP contribution in [-0.2, 0) is 14.6 Å². The summed E-state index contributed by atoms with van der Waals surface area (Å²) in [6, 6.07) is 4.33. The molecule has 2 heterocycles.